The molecule has 3 aromatic rings. The van der Waals surface area contributed by atoms with Gasteiger partial charge in [0.15, 0.2) is 11.9 Å². The van der Waals surface area contributed by atoms with Crippen LogP contribution in [0.4, 0.5) is 0 Å². The van der Waals surface area contributed by atoms with Gasteiger partial charge >= 0.3 is 5.97 Å². The van der Waals surface area contributed by atoms with Crippen molar-refractivity contribution in [2.24, 2.45) is 0 Å². The maximum atomic E-state index is 12.7. The average Bonchev–Trinajstić information content (AvgIpc) is 3.14. The molecule has 1 aromatic heterocycles. The first-order valence-electron chi connectivity index (χ1n) is 8.50. The second kappa shape index (κ2) is 7.86. The first-order chi connectivity index (χ1) is 13.0. The van der Waals surface area contributed by atoms with Gasteiger partial charge in [-0.2, -0.15) is 5.10 Å². The van der Waals surface area contributed by atoms with Crippen molar-refractivity contribution in [2.75, 3.05) is 7.11 Å². The third kappa shape index (κ3) is 4.06. The molecule has 1 heterocycles. The van der Waals surface area contributed by atoms with E-state index < -0.39 is 12.1 Å². The van der Waals surface area contributed by atoms with Crippen molar-refractivity contribution < 1.29 is 19.1 Å². The zero-order valence-corrected chi connectivity index (χ0v) is 15.4. The summed E-state index contributed by atoms with van der Waals surface area (Å²) in [5.74, 6) is -0.169. The van der Waals surface area contributed by atoms with Crippen LogP contribution in [0, 0.1) is 0 Å². The molecule has 6 heteroatoms. The van der Waals surface area contributed by atoms with E-state index in [0.29, 0.717) is 17.0 Å². The van der Waals surface area contributed by atoms with E-state index in [2.05, 4.69) is 5.10 Å². The summed E-state index contributed by atoms with van der Waals surface area (Å²) in [6, 6.07) is 16.7. The molecule has 27 heavy (non-hydrogen) atoms. The zero-order chi connectivity index (χ0) is 19.4. The van der Waals surface area contributed by atoms with Crippen LogP contribution in [0.25, 0.3) is 16.9 Å². The zero-order valence-electron chi connectivity index (χ0n) is 15.4. The number of ketones is 1. The molecule has 0 saturated carbocycles. The van der Waals surface area contributed by atoms with Crippen molar-refractivity contribution in [1.82, 2.24) is 9.78 Å². The first kappa shape index (κ1) is 18.4. The van der Waals surface area contributed by atoms with Gasteiger partial charge in [-0.1, -0.05) is 30.3 Å². The normalized spacial score (nSPS) is 11.7. The summed E-state index contributed by atoms with van der Waals surface area (Å²) >= 11 is 0. The van der Waals surface area contributed by atoms with E-state index in [0.717, 1.165) is 5.69 Å². The van der Waals surface area contributed by atoms with E-state index >= 15 is 0 Å². The fraction of sp³-hybridized carbons (Fsp3) is 0.190. The number of esters is 1. The second-order valence-electron chi connectivity index (χ2n) is 6.06. The lowest BCUT2D eigenvalue weighted by Gasteiger charge is -2.10. The molecular formula is C21H20N2O4. The summed E-state index contributed by atoms with van der Waals surface area (Å²) in [5.41, 5.74) is 2.26. The molecule has 1 unspecified atom stereocenters. The number of carbonyl (C=O) groups is 2. The number of rotatable bonds is 6. The van der Waals surface area contributed by atoms with Gasteiger partial charge in [-0.05, 0) is 38.1 Å². The lowest BCUT2D eigenvalue weighted by Crippen LogP contribution is -2.22. The van der Waals surface area contributed by atoms with Crippen LogP contribution >= 0.6 is 0 Å². The van der Waals surface area contributed by atoms with Gasteiger partial charge in [-0.25, -0.2) is 9.48 Å². The van der Waals surface area contributed by atoms with Crippen LogP contribution in [0.1, 0.15) is 24.2 Å². The third-order valence-corrected chi connectivity index (χ3v) is 4.15. The molecule has 1 atom stereocenters. The lowest BCUT2D eigenvalue weighted by atomic mass is 10.1. The second-order valence-corrected chi connectivity index (χ2v) is 6.06. The summed E-state index contributed by atoms with van der Waals surface area (Å²) in [5, 5.41) is 4.57. The predicted molar refractivity (Wildman–Crippen MR) is 101 cm³/mol. The minimum Gasteiger partial charge on any atom is -0.497 e. The molecule has 0 aliphatic heterocycles. The van der Waals surface area contributed by atoms with Crippen molar-refractivity contribution >= 4 is 11.8 Å². The fourth-order valence-corrected chi connectivity index (χ4v) is 2.53. The van der Waals surface area contributed by atoms with Crippen LogP contribution in [0.5, 0.6) is 5.75 Å². The van der Waals surface area contributed by atoms with Gasteiger partial charge in [-0.3, -0.25) is 4.79 Å². The number of nitrogens with zero attached hydrogens (tertiary/aromatic N) is 2. The summed E-state index contributed by atoms with van der Waals surface area (Å²) in [4.78, 5) is 24.2. The Hall–Kier alpha value is -3.41. The number of benzene rings is 2. The third-order valence-electron chi connectivity index (χ3n) is 4.15. The molecule has 0 N–H and O–H groups in total. The quantitative estimate of drug-likeness (QED) is 0.624. The molecule has 6 nitrogen and oxygen atoms in total. The van der Waals surface area contributed by atoms with Crippen LogP contribution < -0.4 is 4.74 Å². The summed E-state index contributed by atoms with van der Waals surface area (Å²) in [6.07, 6.45) is 0.787. The number of ether oxygens (including phenoxy) is 2. The van der Waals surface area contributed by atoms with E-state index in [-0.39, 0.29) is 11.3 Å². The number of aromatic nitrogens is 2. The Labute approximate surface area is 157 Å². The molecule has 0 spiro atoms. The van der Waals surface area contributed by atoms with Crippen LogP contribution in [0.2, 0.25) is 0 Å². The topological polar surface area (TPSA) is 70.4 Å². The van der Waals surface area contributed by atoms with Gasteiger partial charge in [0.25, 0.3) is 0 Å². The Balaban J connectivity index is 2.08. The maximum Gasteiger partial charge on any atom is 0.342 e. The number of methoxy groups -OCH3 is 1. The molecule has 3 rings (SSSR count). The molecule has 0 saturated heterocycles. The fourth-order valence-electron chi connectivity index (χ4n) is 2.53. The van der Waals surface area contributed by atoms with Crippen molar-refractivity contribution in [1.29, 1.82) is 0 Å². The van der Waals surface area contributed by atoms with Crippen molar-refractivity contribution in [3.63, 3.8) is 0 Å². The minimum atomic E-state index is -0.823. The monoisotopic (exact) mass is 364 g/mol. The molecule has 0 fully saturated rings. The molecule has 2 aromatic carbocycles. The summed E-state index contributed by atoms with van der Waals surface area (Å²) in [7, 11) is 1.57. The summed E-state index contributed by atoms with van der Waals surface area (Å²) < 4.78 is 12.2. The molecule has 0 amide bonds. The van der Waals surface area contributed by atoms with Gasteiger partial charge in [0.05, 0.1) is 12.8 Å². The Morgan fingerprint density at radius 2 is 1.81 bits per heavy atom. The maximum absolute atomic E-state index is 12.7. The van der Waals surface area contributed by atoms with Gasteiger partial charge in [0.2, 0.25) is 0 Å². The Morgan fingerprint density at radius 3 is 2.48 bits per heavy atom. The van der Waals surface area contributed by atoms with Crippen molar-refractivity contribution in [2.45, 2.75) is 20.0 Å². The van der Waals surface area contributed by atoms with E-state index in [1.165, 1.54) is 6.92 Å². The van der Waals surface area contributed by atoms with Gasteiger partial charge < -0.3 is 9.47 Å². The smallest absolute Gasteiger partial charge is 0.342 e. The highest BCUT2D eigenvalue weighted by Gasteiger charge is 2.23. The molecule has 0 bridgehead atoms. The van der Waals surface area contributed by atoms with Crippen LogP contribution in [-0.2, 0) is 9.53 Å². The Kier molecular flexibility index (Phi) is 5.35. The van der Waals surface area contributed by atoms with Gasteiger partial charge in [-0.15, -0.1) is 0 Å². The highest BCUT2D eigenvalue weighted by atomic mass is 16.5. The number of carbonyl (C=O) groups excluding carboxylic acids is 2. The number of hydrogen-bond acceptors (Lipinski definition) is 5. The SMILES string of the molecule is COc1cccc(-c2nn(-c3ccccc3)cc2C(=O)OC(C)C(C)=O)c1. The first-order valence-corrected chi connectivity index (χ1v) is 8.50. The standard InChI is InChI=1S/C21H20N2O4/c1-14(24)15(2)27-21(25)19-13-23(17-9-5-4-6-10-17)22-20(19)16-8-7-11-18(12-16)26-3/h4-13,15H,1-3H3. The minimum absolute atomic E-state index is 0.221. The molecule has 0 aliphatic rings. The van der Waals surface area contributed by atoms with Gasteiger partial charge in [0.1, 0.15) is 17.0 Å². The molecule has 0 aliphatic carbocycles. The van der Waals surface area contributed by atoms with E-state index in [1.807, 2.05) is 48.5 Å². The van der Waals surface area contributed by atoms with Crippen molar-refractivity contribution in [3.05, 3.63) is 66.4 Å². The highest BCUT2D eigenvalue weighted by molar-refractivity contribution is 5.97. The molecule has 138 valence electrons. The van der Waals surface area contributed by atoms with E-state index in [1.54, 1.807) is 31.0 Å². The predicted octanol–water partition coefficient (Wildman–Crippen LogP) is 3.68. The van der Waals surface area contributed by atoms with Crippen molar-refractivity contribution in [3.8, 4) is 22.7 Å². The van der Waals surface area contributed by atoms with Crippen LogP contribution in [0.3, 0.4) is 0 Å². The van der Waals surface area contributed by atoms with E-state index in [4.69, 9.17) is 9.47 Å². The molecular weight excluding hydrogens is 344 g/mol. The van der Waals surface area contributed by atoms with Crippen LogP contribution in [0.15, 0.2) is 60.8 Å². The molecule has 0 radical (unpaired) electrons. The lowest BCUT2D eigenvalue weighted by molar-refractivity contribution is -0.124. The highest BCUT2D eigenvalue weighted by Crippen LogP contribution is 2.27. The van der Waals surface area contributed by atoms with Gasteiger partial charge in [0, 0.05) is 11.8 Å². The average molecular weight is 364 g/mol. The Bertz CT molecular complexity index is 963. The largest absolute Gasteiger partial charge is 0.497 e. The summed E-state index contributed by atoms with van der Waals surface area (Å²) in [6.45, 7) is 2.93. The Morgan fingerprint density at radius 1 is 1.07 bits per heavy atom. The number of para-hydroxylation sites is 1. The van der Waals surface area contributed by atoms with Crippen LogP contribution in [-0.4, -0.2) is 34.7 Å². The number of Topliss-reactive ketones (excluding diaryl/α,β-unsaturated/α-hetero) is 1. The van der Waals surface area contributed by atoms with E-state index in [9.17, 15) is 9.59 Å². The number of hydrogen-bond donors (Lipinski definition) is 0.